The van der Waals surface area contributed by atoms with Crippen LogP contribution in [0.3, 0.4) is 0 Å². The predicted molar refractivity (Wildman–Crippen MR) is 40.5 cm³/mol. The molecule has 5 amide bonds. The lowest BCUT2D eigenvalue weighted by Gasteiger charge is -2.32. The average Bonchev–Trinajstić information content (AvgIpc) is 2.44. The summed E-state index contributed by atoms with van der Waals surface area (Å²) in [6.45, 7) is 0. The molecule has 2 saturated heterocycles. The van der Waals surface area contributed by atoms with Crippen LogP contribution in [0.5, 0.6) is 0 Å². The van der Waals surface area contributed by atoms with Gasteiger partial charge in [-0.1, -0.05) is 0 Å². The Kier molecular flexibility index (Phi) is 1.42. The van der Waals surface area contributed by atoms with Crippen molar-refractivity contribution >= 4 is 18.0 Å². The van der Waals surface area contributed by atoms with Crippen molar-refractivity contribution < 1.29 is 14.4 Å². The number of urea groups is 2. The number of rotatable bonds is 0. The summed E-state index contributed by atoms with van der Waals surface area (Å²) in [6.07, 6.45) is -0.575. The van der Waals surface area contributed by atoms with E-state index in [1.165, 1.54) is 11.9 Å². The van der Waals surface area contributed by atoms with Crippen LogP contribution in [-0.4, -0.2) is 42.1 Å². The highest BCUT2D eigenvalue weighted by Crippen LogP contribution is 2.10. The summed E-state index contributed by atoms with van der Waals surface area (Å²) < 4.78 is 0. The van der Waals surface area contributed by atoms with Gasteiger partial charge in [0.25, 0.3) is 5.91 Å². The Morgan fingerprint density at radius 2 is 1.92 bits per heavy atom. The third-order valence-corrected chi connectivity index (χ3v) is 2.13. The molecule has 7 nitrogen and oxygen atoms in total. The minimum Gasteiger partial charge on any atom is -0.323 e. The fourth-order valence-corrected chi connectivity index (χ4v) is 1.41. The molecule has 0 spiro atoms. The van der Waals surface area contributed by atoms with Crippen LogP contribution in [0, 0.1) is 0 Å². The van der Waals surface area contributed by atoms with Crippen LogP contribution in [0.2, 0.25) is 0 Å². The number of imide groups is 1. The highest BCUT2D eigenvalue weighted by molar-refractivity contribution is 6.03. The van der Waals surface area contributed by atoms with Crippen LogP contribution in [0.4, 0.5) is 9.59 Å². The van der Waals surface area contributed by atoms with Gasteiger partial charge in [-0.3, -0.25) is 10.1 Å². The van der Waals surface area contributed by atoms with E-state index in [0.29, 0.717) is 0 Å². The maximum Gasteiger partial charge on any atom is 0.325 e. The monoisotopic (exact) mass is 184 g/mol. The number of carbonyl (C=O) groups excluding carboxylic acids is 3. The highest BCUT2D eigenvalue weighted by Gasteiger charge is 2.45. The molecule has 2 unspecified atom stereocenters. The van der Waals surface area contributed by atoms with E-state index in [9.17, 15) is 14.4 Å². The van der Waals surface area contributed by atoms with Crippen LogP contribution < -0.4 is 16.0 Å². The third kappa shape index (κ3) is 1.00. The smallest absolute Gasteiger partial charge is 0.323 e. The molecule has 0 aromatic rings. The first-order chi connectivity index (χ1) is 6.09. The predicted octanol–water partition coefficient (Wildman–Crippen LogP) is -1.82. The van der Waals surface area contributed by atoms with Crippen LogP contribution in [0.15, 0.2) is 0 Å². The number of fused-ring (bicyclic) bond motifs is 1. The second-order valence-corrected chi connectivity index (χ2v) is 2.95. The molecular formula is C6H8N4O3. The molecule has 2 fully saturated rings. The summed E-state index contributed by atoms with van der Waals surface area (Å²) in [6, 6.07) is -1.63. The number of carbonyl (C=O) groups is 3. The molecular weight excluding hydrogens is 176 g/mol. The lowest BCUT2D eigenvalue weighted by atomic mass is 10.2. The molecule has 2 aliphatic rings. The summed E-state index contributed by atoms with van der Waals surface area (Å²) >= 11 is 0. The zero-order valence-corrected chi connectivity index (χ0v) is 6.83. The van der Waals surface area contributed by atoms with Crippen molar-refractivity contribution in [1.29, 1.82) is 0 Å². The first kappa shape index (κ1) is 7.84. The molecule has 70 valence electrons. The first-order valence-electron chi connectivity index (χ1n) is 3.74. The number of likely N-dealkylation sites (N-methyl/N-ethyl adjacent to an activating group) is 1. The van der Waals surface area contributed by atoms with Gasteiger partial charge in [-0.2, -0.15) is 0 Å². The zero-order valence-electron chi connectivity index (χ0n) is 6.83. The van der Waals surface area contributed by atoms with Crippen LogP contribution in [-0.2, 0) is 4.79 Å². The van der Waals surface area contributed by atoms with Crippen molar-refractivity contribution in [2.24, 2.45) is 0 Å². The second kappa shape index (κ2) is 2.35. The molecule has 2 atom stereocenters. The molecule has 0 aromatic carbocycles. The Morgan fingerprint density at radius 3 is 2.62 bits per heavy atom. The maximum atomic E-state index is 11.2. The van der Waals surface area contributed by atoms with Crippen LogP contribution in [0.1, 0.15) is 0 Å². The van der Waals surface area contributed by atoms with E-state index >= 15 is 0 Å². The summed E-state index contributed by atoms with van der Waals surface area (Å²) in [5.74, 6) is -0.480. The van der Waals surface area contributed by atoms with Crippen molar-refractivity contribution in [2.45, 2.75) is 12.2 Å². The molecule has 3 N–H and O–H groups in total. The fraction of sp³-hybridized carbons (Fsp3) is 0.500. The molecule has 0 aromatic heterocycles. The van der Waals surface area contributed by atoms with Gasteiger partial charge in [-0.05, 0) is 0 Å². The Morgan fingerprint density at radius 1 is 1.23 bits per heavy atom. The Hall–Kier alpha value is -1.79. The second-order valence-electron chi connectivity index (χ2n) is 2.95. The highest BCUT2D eigenvalue weighted by atomic mass is 16.2. The molecule has 7 heteroatoms. The summed E-state index contributed by atoms with van der Waals surface area (Å²) in [5.41, 5.74) is 0. The molecule has 0 aliphatic carbocycles. The van der Waals surface area contributed by atoms with E-state index in [0.717, 1.165) is 0 Å². The van der Waals surface area contributed by atoms with Crippen molar-refractivity contribution in [3.8, 4) is 0 Å². The van der Waals surface area contributed by atoms with Gasteiger partial charge in [0.05, 0.1) is 0 Å². The Bertz CT molecular complexity index is 302. The Balaban J connectivity index is 2.27. The normalized spacial score (nSPS) is 32.1. The van der Waals surface area contributed by atoms with Crippen molar-refractivity contribution in [2.75, 3.05) is 7.05 Å². The summed E-state index contributed by atoms with van der Waals surface area (Å²) in [5, 5.41) is 6.98. The minimum atomic E-state index is -0.685. The molecule has 2 heterocycles. The maximum absolute atomic E-state index is 11.2. The van der Waals surface area contributed by atoms with Crippen LogP contribution in [0.25, 0.3) is 0 Å². The average molecular weight is 184 g/mol. The van der Waals surface area contributed by atoms with E-state index in [4.69, 9.17) is 0 Å². The minimum absolute atomic E-state index is 0.438. The fourth-order valence-electron chi connectivity index (χ4n) is 1.41. The van der Waals surface area contributed by atoms with Gasteiger partial charge in [0.15, 0.2) is 0 Å². The molecule has 2 rings (SSSR count). The van der Waals surface area contributed by atoms with E-state index in [1.807, 2.05) is 0 Å². The molecule has 0 bridgehead atoms. The van der Waals surface area contributed by atoms with Crippen molar-refractivity contribution in [3.63, 3.8) is 0 Å². The number of nitrogens with one attached hydrogen (secondary N) is 3. The van der Waals surface area contributed by atoms with Gasteiger partial charge in [-0.25, -0.2) is 9.59 Å². The van der Waals surface area contributed by atoms with Gasteiger partial charge >= 0.3 is 12.1 Å². The van der Waals surface area contributed by atoms with E-state index in [2.05, 4.69) is 16.0 Å². The molecule has 13 heavy (non-hydrogen) atoms. The number of amides is 5. The van der Waals surface area contributed by atoms with E-state index in [-0.39, 0.29) is 0 Å². The van der Waals surface area contributed by atoms with E-state index in [1.54, 1.807) is 0 Å². The van der Waals surface area contributed by atoms with Gasteiger partial charge in [-0.15, -0.1) is 0 Å². The lowest BCUT2D eigenvalue weighted by molar-refractivity contribution is -0.124. The molecule has 0 radical (unpaired) electrons. The number of hydrogen-bond donors (Lipinski definition) is 3. The van der Waals surface area contributed by atoms with Gasteiger partial charge in [0.2, 0.25) is 0 Å². The van der Waals surface area contributed by atoms with Gasteiger partial charge in [0.1, 0.15) is 12.2 Å². The zero-order chi connectivity index (χ0) is 9.59. The first-order valence-corrected chi connectivity index (χ1v) is 3.74. The van der Waals surface area contributed by atoms with E-state index < -0.39 is 30.2 Å². The van der Waals surface area contributed by atoms with Gasteiger partial charge in [0, 0.05) is 7.05 Å². The molecule has 0 saturated carbocycles. The van der Waals surface area contributed by atoms with Crippen molar-refractivity contribution in [3.05, 3.63) is 0 Å². The largest absolute Gasteiger partial charge is 0.325 e. The topological polar surface area (TPSA) is 90.5 Å². The standard InChI is InChI=1S/C6H8N4O3/c1-10-3-2(7-5(12)8-3)4(11)9-6(10)13/h2-3H,1H3,(H2,7,8,12)(H,9,11,13). The number of hydrogen-bond acceptors (Lipinski definition) is 3. The Labute approximate surface area is 73.4 Å². The van der Waals surface area contributed by atoms with Crippen molar-refractivity contribution in [1.82, 2.24) is 20.9 Å². The third-order valence-electron chi connectivity index (χ3n) is 2.13. The quantitative estimate of drug-likeness (QED) is 0.414. The number of nitrogens with zero attached hydrogens (tertiary/aromatic N) is 1. The summed E-state index contributed by atoms with van der Waals surface area (Å²) in [7, 11) is 1.51. The SMILES string of the molecule is CN1C(=O)NC(=O)C2NC(=O)NC21. The molecule has 2 aliphatic heterocycles. The van der Waals surface area contributed by atoms with Crippen LogP contribution >= 0.6 is 0 Å². The van der Waals surface area contributed by atoms with Gasteiger partial charge < -0.3 is 15.5 Å². The lowest BCUT2D eigenvalue weighted by Crippen LogP contribution is -2.64. The summed E-state index contributed by atoms with van der Waals surface area (Å²) in [4.78, 5) is 34.4.